The highest BCUT2D eigenvalue weighted by Crippen LogP contribution is 2.33. The molecule has 0 bridgehead atoms. The van der Waals surface area contributed by atoms with Crippen LogP contribution in [0.15, 0.2) is 18.2 Å². The van der Waals surface area contributed by atoms with E-state index in [-0.39, 0.29) is 0 Å². The fourth-order valence-corrected chi connectivity index (χ4v) is 1.86. The molecule has 0 unspecified atom stereocenters. The molecule has 0 radical (unpaired) electrons. The maximum Gasteiger partial charge on any atom is 0.161 e. The lowest BCUT2D eigenvalue weighted by Gasteiger charge is -2.12. The van der Waals surface area contributed by atoms with Crippen molar-refractivity contribution < 1.29 is 9.47 Å². The number of ether oxygens (including phenoxy) is 2. The van der Waals surface area contributed by atoms with Gasteiger partial charge in [0.2, 0.25) is 0 Å². The van der Waals surface area contributed by atoms with Crippen LogP contribution in [0.1, 0.15) is 25.3 Å². The number of alkyl halides is 1. The molecule has 1 aromatic carbocycles. The summed E-state index contributed by atoms with van der Waals surface area (Å²) in [6.45, 7) is 3.49. The predicted molar refractivity (Wildman–Crippen MR) is 68.5 cm³/mol. The Morgan fingerprint density at radius 1 is 1.25 bits per heavy atom. The molecule has 16 heavy (non-hydrogen) atoms. The van der Waals surface area contributed by atoms with Gasteiger partial charge in [-0.2, -0.15) is 0 Å². The van der Waals surface area contributed by atoms with E-state index in [9.17, 15) is 0 Å². The van der Waals surface area contributed by atoms with Gasteiger partial charge in [-0.15, -0.1) is 0 Å². The predicted octanol–water partition coefficient (Wildman–Crippen LogP) is 3.77. The molecule has 88 valence electrons. The summed E-state index contributed by atoms with van der Waals surface area (Å²) in [7, 11) is 0. The average Bonchev–Trinajstić information content (AvgIpc) is 3.11. The van der Waals surface area contributed by atoms with Crippen molar-refractivity contribution in [1.29, 1.82) is 0 Å². The van der Waals surface area contributed by atoms with Gasteiger partial charge in [0.15, 0.2) is 11.5 Å². The summed E-state index contributed by atoms with van der Waals surface area (Å²) in [6.07, 6.45) is 2.62. The lowest BCUT2D eigenvalue weighted by atomic mass is 10.2. The number of rotatable bonds is 6. The molecule has 1 saturated carbocycles. The number of hydrogen-bond donors (Lipinski definition) is 0. The summed E-state index contributed by atoms with van der Waals surface area (Å²) in [5.74, 6) is 2.50. The Morgan fingerprint density at radius 2 is 2.06 bits per heavy atom. The van der Waals surface area contributed by atoms with Crippen LogP contribution in [0.25, 0.3) is 0 Å². The Labute approximate surface area is 105 Å². The third-order valence-electron chi connectivity index (χ3n) is 2.63. The van der Waals surface area contributed by atoms with Gasteiger partial charge in [-0.3, -0.25) is 0 Å². The van der Waals surface area contributed by atoms with Crippen LogP contribution in [0.4, 0.5) is 0 Å². The van der Waals surface area contributed by atoms with Crippen LogP contribution in [0.3, 0.4) is 0 Å². The molecule has 0 aromatic heterocycles. The SMILES string of the molecule is CCOc1cc(CBr)ccc1OCC1CC1. The first-order chi connectivity index (χ1) is 7.83. The van der Waals surface area contributed by atoms with Crippen LogP contribution in [0, 0.1) is 5.92 Å². The minimum Gasteiger partial charge on any atom is -0.490 e. The van der Waals surface area contributed by atoms with Crippen molar-refractivity contribution in [2.24, 2.45) is 5.92 Å². The van der Waals surface area contributed by atoms with Crippen molar-refractivity contribution in [3.63, 3.8) is 0 Å². The highest BCUT2D eigenvalue weighted by atomic mass is 79.9. The van der Waals surface area contributed by atoms with Gasteiger partial charge in [0.25, 0.3) is 0 Å². The Kier molecular flexibility index (Phi) is 4.10. The average molecular weight is 285 g/mol. The standard InChI is InChI=1S/C13H17BrO2/c1-2-15-13-7-11(8-14)5-6-12(13)16-9-10-3-4-10/h5-7,10H,2-4,8-9H2,1H3. The summed E-state index contributed by atoms with van der Waals surface area (Å²) in [6, 6.07) is 6.12. The van der Waals surface area contributed by atoms with Crippen molar-refractivity contribution >= 4 is 15.9 Å². The largest absolute Gasteiger partial charge is 0.490 e. The molecule has 0 amide bonds. The Bertz CT molecular complexity index is 348. The maximum absolute atomic E-state index is 5.77. The Hall–Kier alpha value is -0.700. The second kappa shape index (κ2) is 5.58. The van der Waals surface area contributed by atoms with Crippen molar-refractivity contribution in [2.45, 2.75) is 25.1 Å². The molecule has 0 aliphatic heterocycles. The minimum atomic E-state index is 0.672. The van der Waals surface area contributed by atoms with E-state index < -0.39 is 0 Å². The normalized spacial score (nSPS) is 14.9. The number of benzene rings is 1. The molecule has 1 aliphatic carbocycles. The van der Waals surface area contributed by atoms with Gasteiger partial charge in [0.1, 0.15) is 0 Å². The summed E-state index contributed by atoms with van der Waals surface area (Å²) < 4.78 is 11.4. The lowest BCUT2D eigenvalue weighted by molar-refractivity contribution is 0.266. The van der Waals surface area contributed by atoms with Crippen LogP contribution in [-0.2, 0) is 5.33 Å². The summed E-state index contributed by atoms with van der Waals surface area (Å²) in [4.78, 5) is 0. The molecular weight excluding hydrogens is 268 g/mol. The first-order valence-corrected chi connectivity index (χ1v) is 6.90. The third-order valence-corrected chi connectivity index (χ3v) is 3.28. The third kappa shape index (κ3) is 3.14. The van der Waals surface area contributed by atoms with E-state index in [1.165, 1.54) is 18.4 Å². The molecule has 1 aromatic rings. The van der Waals surface area contributed by atoms with Crippen LogP contribution in [0.5, 0.6) is 11.5 Å². The number of hydrogen-bond acceptors (Lipinski definition) is 2. The summed E-state index contributed by atoms with van der Waals surface area (Å²) in [5, 5.41) is 0.843. The molecule has 1 aliphatic rings. The van der Waals surface area contributed by atoms with Crippen molar-refractivity contribution in [3.8, 4) is 11.5 Å². The lowest BCUT2D eigenvalue weighted by Crippen LogP contribution is -2.02. The first-order valence-electron chi connectivity index (χ1n) is 5.78. The highest BCUT2D eigenvalue weighted by molar-refractivity contribution is 9.08. The zero-order valence-corrected chi connectivity index (χ0v) is 11.1. The van der Waals surface area contributed by atoms with E-state index in [2.05, 4.69) is 22.0 Å². The van der Waals surface area contributed by atoms with Gasteiger partial charge in [-0.25, -0.2) is 0 Å². The summed E-state index contributed by atoms with van der Waals surface area (Å²) >= 11 is 3.44. The zero-order chi connectivity index (χ0) is 11.4. The molecule has 0 heterocycles. The first kappa shape index (κ1) is 11.8. The fraction of sp³-hybridized carbons (Fsp3) is 0.538. The second-order valence-corrected chi connectivity index (χ2v) is 4.66. The van der Waals surface area contributed by atoms with Gasteiger partial charge in [0, 0.05) is 5.33 Å². The maximum atomic E-state index is 5.77. The molecule has 2 nitrogen and oxygen atoms in total. The molecule has 0 spiro atoms. The van der Waals surface area contributed by atoms with Crippen LogP contribution in [-0.4, -0.2) is 13.2 Å². The van der Waals surface area contributed by atoms with Crippen molar-refractivity contribution in [2.75, 3.05) is 13.2 Å². The van der Waals surface area contributed by atoms with Gasteiger partial charge in [-0.05, 0) is 43.4 Å². The van der Waals surface area contributed by atoms with E-state index in [0.717, 1.165) is 29.4 Å². The van der Waals surface area contributed by atoms with E-state index in [4.69, 9.17) is 9.47 Å². The molecule has 3 heteroatoms. The second-order valence-electron chi connectivity index (χ2n) is 4.10. The molecular formula is C13H17BrO2. The Balaban J connectivity index is 2.06. The zero-order valence-electron chi connectivity index (χ0n) is 9.54. The quantitative estimate of drug-likeness (QED) is 0.741. The molecule has 0 atom stereocenters. The van der Waals surface area contributed by atoms with E-state index in [0.29, 0.717) is 6.61 Å². The van der Waals surface area contributed by atoms with Crippen molar-refractivity contribution in [3.05, 3.63) is 23.8 Å². The molecule has 0 saturated heterocycles. The van der Waals surface area contributed by atoms with Gasteiger partial charge < -0.3 is 9.47 Å². The van der Waals surface area contributed by atoms with Crippen LogP contribution >= 0.6 is 15.9 Å². The van der Waals surface area contributed by atoms with Crippen LogP contribution < -0.4 is 9.47 Å². The number of halogens is 1. The van der Waals surface area contributed by atoms with Crippen LogP contribution in [0.2, 0.25) is 0 Å². The fourth-order valence-electron chi connectivity index (χ4n) is 1.52. The monoisotopic (exact) mass is 284 g/mol. The van der Waals surface area contributed by atoms with Gasteiger partial charge in [0.05, 0.1) is 13.2 Å². The summed E-state index contributed by atoms with van der Waals surface area (Å²) in [5.41, 5.74) is 1.21. The van der Waals surface area contributed by atoms with E-state index >= 15 is 0 Å². The molecule has 2 rings (SSSR count). The minimum absolute atomic E-state index is 0.672. The highest BCUT2D eigenvalue weighted by Gasteiger charge is 2.22. The molecule has 0 N–H and O–H groups in total. The smallest absolute Gasteiger partial charge is 0.161 e. The van der Waals surface area contributed by atoms with Gasteiger partial charge >= 0.3 is 0 Å². The van der Waals surface area contributed by atoms with Crippen molar-refractivity contribution in [1.82, 2.24) is 0 Å². The Morgan fingerprint density at radius 3 is 2.69 bits per heavy atom. The topological polar surface area (TPSA) is 18.5 Å². The van der Waals surface area contributed by atoms with E-state index in [1.807, 2.05) is 19.1 Å². The molecule has 1 fully saturated rings. The van der Waals surface area contributed by atoms with E-state index in [1.54, 1.807) is 0 Å². The van der Waals surface area contributed by atoms with Gasteiger partial charge in [-0.1, -0.05) is 22.0 Å².